The summed E-state index contributed by atoms with van der Waals surface area (Å²) in [7, 11) is 0. The number of amides is 1. The van der Waals surface area contributed by atoms with Crippen molar-refractivity contribution in [1.82, 2.24) is 20.4 Å². The first-order valence-electron chi connectivity index (χ1n) is 8.79. The molecule has 8 nitrogen and oxygen atoms in total. The fraction of sp³-hybridized carbons (Fsp3) is 0.316. The van der Waals surface area contributed by atoms with Crippen LogP contribution in [0.4, 0.5) is 0 Å². The molecule has 140 valence electrons. The van der Waals surface area contributed by atoms with Gasteiger partial charge in [0, 0.05) is 37.1 Å². The lowest BCUT2D eigenvalue weighted by molar-refractivity contribution is 0.0313. The van der Waals surface area contributed by atoms with E-state index in [1.807, 2.05) is 12.1 Å². The van der Waals surface area contributed by atoms with Gasteiger partial charge in [-0.1, -0.05) is 5.16 Å². The summed E-state index contributed by atoms with van der Waals surface area (Å²) in [6, 6.07) is 7.29. The summed E-state index contributed by atoms with van der Waals surface area (Å²) in [5.74, 6) is 1.12. The number of rotatable bonds is 6. The van der Waals surface area contributed by atoms with Gasteiger partial charge in [0.15, 0.2) is 5.76 Å². The summed E-state index contributed by atoms with van der Waals surface area (Å²) < 4.78 is 16.1. The van der Waals surface area contributed by atoms with Crippen molar-refractivity contribution < 1.29 is 18.5 Å². The molecule has 0 unspecified atom stereocenters. The number of morpholine rings is 1. The SMILES string of the molecule is O=C(NCc1cc(-c2cccnc2)no1)c1coc(CN2CCOCC2)c1. The minimum Gasteiger partial charge on any atom is -0.467 e. The molecule has 4 rings (SSSR count). The number of nitrogens with zero attached hydrogens (tertiary/aromatic N) is 3. The highest BCUT2D eigenvalue weighted by Gasteiger charge is 2.16. The lowest BCUT2D eigenvalue weighted by Crippen LogP contribution is -2.35. The highest BCUT2D eigenvalue weighted by molar-refractivity contribution is 5.93. The van der Waals surface area contributed by atoms with E-state index in [0.29, 0.717) is 23.6 Å². The standard InChI is InChI=1S/C19H20N4O4/c24-19(15-8-17(26-13-15)12-23-4-6-25-7-5-23)21-11-16-9-18(22-27-16)14-2-1-3-20-10-14/h1-3,8-10,13H,4-7,11-12H2,(H,21,24). The third-order valence-electron chi connectivity index (χ3n) is 4.34. The Bertz CT molecular complexity index is 884. The smallest absolute Gasteiger partial charge is 0.254 e. The van der Waals surface area contributed by atoms with Crippen molar-refractivity contribution in [2.24, 2.45) is 0 Å². The van der Waals surface area contributed by atoms with Gasteiger partial charge in [-0.2, -0.15) is 0 Å². The van der Waals surface area contributed by atoms with Crippen molar-refractivity contribution in [3.05, 3.63) is 60.0 Å². The molecule has 0 atom stereocenters. The van der Waals surface area contributed by atoms with Gasteiger partial charge >= 0.3 is 0 Å². The van der Waals surface area contributed by atoms with Gasteiger partial charge in [-0.05, 0) is 18.2 Å². The highest BCUT2D eigenvalue weighted by Crippen LogP contribution is 2.18. The third-order valence-corrected chi connectivity index (χ3v) is 4.34. The van der Waals surface area contributed by atoms with Crippen LogP contribution >= 0.6 is 0 Å². The average molecular weight is 368 g/mol. The van der Waals surface area contributed by atoms with Crippen LogP contribution in [-0.2, 0) is 17.8 Å². The van der Waals surface area contributed by atoms with Crippen molar-refractivity contribution in [3.63, 3.8) is 0 Å². The summed E-state index contributed by atoms with van der Waals surface area (Å²) in [6.07, 6.45) is 4.89. The molecule has 8 heteroatoms. The molecule has 0 spiro atoms. The predicted octanol–water partition coefficient (Wildman–Crippen LogP) is 2.09. The van der Waals surface area contributed by atoms with Crippen LogP contribution in [0.15, 0.2) is 51.9 Å². The summed E-state index contributed by atoms with van der Waals surface area (Å²) in [6.45, 7) is 4.11. The fourth-order valence-electron chi connectivity index (χ4n) is 2.88. The molecule has 3 aromatic heterocycles. The maximum atomic E-state index is 12.3. The Morgan fingerprint density at radius 3 is 2.93 bits per heavy atom. The highest BCUT2D eigenvalue weighted by atomic mass is 16.5. The fourth-order valence-corrected chi connectivity index (χ4v) is 2.88. The van der Waals surface area contributed by atoms with Crippen LogP contribution in [0.1, 0.15) is 21.9 Å². The van der Waals surface area contributed by atoms with Gasteiger partial charge in [-0.15, -0.1) is 0 Å². The molecule has 1 saturated heterocycles. The second kappa shape index (κ2) is 8.15. The Morgan fingerprint density at radius 2 is 2.11 bits per heavy atom. The van der Waals surface area contributed by atoms with Crippen LogP contribution in [0.25, 0.3) is 11.3 Å². The number of pyridine rings is 1. The maximum Gasteiger partial charge on any atom is 0.254 e. The second-order valence-corrected chi connectivity index (χ2v) is 6.29. The topological polar surface area (TPSA) is 93.6 Å². The largest absolute Gasteiger partial charge is 0.467 e. The molecular weight excluding hydrogens is 348 g/mol. The molecule has 0 aliphatic carbocycles. The van der Waals surface area contributed by atoms with Gasteiger partial charge in [0.05, 0.1) is 31.9 Å². The quantitative estimate of drug-likeness (QED) is 0.712. The molecule has 0 radical (unpaired) electrons. The molecule has 0 bridgehead atoms. The van der Waals surface area contributed by atoms with Crippen LogP contribution in [-0.4, -0.2) is 47.3 Å². The Kier molecular flexibility index (Phi) is 5.27. The van der Waals surface area contributed by atoms with E-state index < -0.39 is 0 Å². The summed E-state index contributed by atoms with van der Waals surface area (Å²) in [5, 5.41) is 6.82. The number of furan rings is 1. The minimum absolute atomic E-state index is 0.216. The minimum atomic E-state index is -0.216. The lowest BCUT2D eigenvalue weighted by Gasteiger charge is -2.25. The summed E-state index contributed by atoms with van der Waals surface area (Å²) in [5.41, 5.74) is 2.04. The number of nitrogens with one attached hydrogen (secondary N) is 1. The summed E-state index contributed by atoms with van der Waals surface area (Å²) in [4.78, 5) is 18.6. The molecule has 1 N–H and O–H groups in total. The second-order valence-electron chi connectivity index (χ2n) is 6.29. The maximum absolute atomic E-state index is 12.3. The zero-order valence-corrected chi connectivity index (χ0v) is 14.8. The molecule has 1 fully saturated rings. The van der Waals surface area contributed by atoms with Gasteiger partial charge in [0.2, 0.25) is 0 Å². The average Bonchev–Trinajstić information content (AvgIpc) is 3.37. The molecule has 27 heavy (non-hydrogen) atoms. The monoisotopic (exact) mass is 368 g/mol. The predicted molar refractivity (Wildman–Crippen MR) is 95.7 cm³/mol. The molecule has 1 amide bonds. The first-order valence-corrected chi connectivity index (χ1v) is 8.79. The molecule has 4 heterocycles. The normalized spacial score (nSPS) is 15.0. The number of hydrogen-bond donors (Lipinski definition) is 1. The number of ether oxygens (including phenoxy) is 1. The van der Waals surface area contributed by atoms with E-state index in [4.69, 9.17) is 13.7 Å². The van der Waals surface area contributed by atoms with Gasteiger partial charge < -0.3 is 19.0 Å². The van der Waals surface area contributed by atoms with E-state index in [9.17, 15) is 4.79 Å². The van der Waals surface area contributed by atoms with E-state index in [-0.39, 0.29) is 12.5 Å². The number of carbonyl (C=O) groups excluding carboxylic acids is 1. The van der Waals surface area contributed by atoms with Gasteiger partial charge in [0.1, 0.15) is 17.7 Å². The summed E-state index contributed by atoms with van der Waals surface area (Å²) >= 11 is 0. The van der Waals surface area contributed by atoms with Crippen LogP contribution in [0.2, 0.25) is 0 Å². The Hall–Kier alpha value is -2.97. The van der Waals surface area contributed by atoms with Crippen molar-refractivity contribution in [3.8, 4) is 11.3 Å². The van der Waals surface area contributed by atoms with Crippen molar-refractivity contribution >= 4 is 5.91 Å². The molecule has 1 aliphatic rings. The number of hydrogen-bond acceptors (Lipinski definition) is 7. The van der Waals surface area contributed by atoms with E-state index in [0.717, 1.165) is 37.6 Å². The molecule has 0 aromatic carbocycles. The molecule has 1 aliphatic heterocycles. The van der Waals surface area contributed by atoms with Crippen LogP contribution < -0.4 is 5.32 Å². The lowest BCUT2D eigenvalue weighted by atomic mass is 10.2. The van der Waals surface area contributed by atoms with Gasteiger partial charge in [-0.3, -0.25) is 14.7 Å². The Labute approximate surface area is 156 Å². The Balaban J connectivity index is 1.31. The van der Waals surface area contributed by atoms with Crippen LogP contribution in [0.5, 0.6) is 0 Å². The van der Waals surface area contributed by atoms with Crippen molar-refractivity contribution in [2.75, 3.05) is 26.3 Å². The first-order chi connectivity index (χ1) is 13.3. The van der Waals surface area contributed by atoms with Crippen molar-refractivity contribution in [2.45, 2.75) is 13.1 Å². The third kappa shape index (κ3) is 4.42. The van der Waals surface area contributed by atoms with E-state index >= 15 is 0 Å². The number of aromatic nitrogens is 2. The van der Waals surface area contributed by atoms with Gasteiger partial charge in [0.25, 0.3) is 5.91 Å². The zero-order valence-electron chi connectivity index (χ0n) is 14.8. The van der Waals surface area contributed by atoms with E-state index in [2.05, 4.69) is 20.4 Å². The van der Waals surface area contributed by atoms with Crippen LogP contribution in [0.3, 0.4) is 0 Å². The van der Waals surface area contributed by atoms with Crippen LogP contribution in [0, 0.1) is 0 Å². The first kappa shape index (κ1) is 17.4. The zero-order chi connectivity index (χ0) is 18.5. The van der Waals surface area contributed by atoms with Crippen molar-refractivity contribution in [1.29, 1.82) is 0 Å². The molecule has 0 saturated carbocycles. The number of carbonyl (C=O) groups is 1. The molecular formula is C19H20N4O4. The van der Waals surface area contributed by atoms with Gasteiger partial charge in [-0.25, -0.2) is 0 Å². The van der Waals surface area contributed by atoms with E-state index in [1.54, 1.807) is 24.5 Å². The Morgan fingerprint density at radius 1 is 1.22 bits per heavy atom. The van der Waals surface area contributed by atoms with E-state index in [1.165, 1.54) is 6.26 Å². The molecule has 3 aromatic rings.